The van der Waals surface area contributed by atoms with Crippen LogP contribution in [0, 0.1) is 0 Å². The van der Waals surface area contributed by atoms with Crippen LogP contribution in [0.3, 0.4) is 0 Å². The predicted octanol–water partition coefficient (Wildman–Crippen LogP) is 7.30. The zero-order chi connectivity index (χ0) is 41.3. The van der Waals surface area contributed by atoms with Crippen molar-refractivity contribution >= 4 is 5.91 Å². The fourth-order valence-corrected chi connectivity index (χ4v) is 7.77. The van der Waals surface area contributed by atoms with E-state index in [-0.39, 0.29) is 25.5 Å². The molecule has 11 nitrogen and oxygen atoms in total. The normalized spacial score (nSPS) is 21.7. The Morgan fingerprint density at radius 3 is 1.62 bits per heavy atom. The van der Waals surface area contributed by atoms with Crippen molar-refractivity contribution in [3.05, 3.63) is 0 Å². The molecule has 1 amide bonds. The van der Waals surface area contributed by atoms with Gasteiger partial charge in [-0.05, 0) is 51.7 Å². The summed E-state index contributed by atoms with van der Waals surface area (Å²) < 4.78 is 11.1. The van der Waals surface area contributed by atoms with Gasteiger partial charge in [0.2, 0.25) is 5.91 Å². The Labute approximate surface area is 342 Å². The van der Waals surface area contributed by atoms with Crippen LogP contribution in [0.5, 0.6) is 0 Å². The van der Waals surface area contributed by atoms with Crippen LogP contribution in [-0.4, -0.2) is 123 Å². The van der Waals surface area contributed by atoms with Gasteiger partial charge in [0.15, 0.2) is 11.9 Å². The van der Waals surface area contributed by atoms with Gasteiger partial charge in [0.1, 0.15) is 18.3 Å². The van der Waals surface area contributed by atoms with Gasteiger partial charge in [-0.25, -0.2) is 0 Å². The fraction of sp³-hybridized carbons (Fsp3) is 0.978. The van der Waals surface area contributed by atoms with E-state index >= 15 is 0 Å². The second-order valence-corrected chi connectivity index (χ2v) is 16.9. The number of rotatable bonds is 39. The first-order valence-electron chi connectivity index (χ1n) is 23.4. The minimum absolute atomic E-state index is 0.268. The quantitative estimate of drug-likeness (QED) is 0.0313. The first kappa shape index (κ1) is 53.1. The highest BCUT2D eigenvalue weighted by Crippen LogP contribution is 2.28. The minimum atomic E-state index is -2.30. The molecule has 0 aromatic rings. The van der Waals surface area contributed by atoms with Gasteiger partial charge < -0.3 is 50.3 Å². The maximum atomic E-state index is 13.1. The molecule has 1 heterocycles. The molecule has 0 aliphatic carbocycles. The topological polar surface area (TPSA) is 172 Å². The number of ether oxygens (including phenoxy) is 2. The first-order chi connectivity index (χ1) is 27.1. The summed E-state index contributed by atoms with van der Waals surface area (Å²) in [5.41, 5.74) is -2.30. The highest BCUT2D eigenvalue weighted by molar-refractivity contribution is 5.76. The molecule has 7 N–H and O–H groups in total. The molecule has 1 aliphatic heterocycles. The van der Waals surface area contributed by atoms with E-state index in [9.17, 15) is 35.4 Å². The van der Waals surface area contributed by atoms with Crippen LogP contribution in [0.2, 0.25) is 0 Å². The minimum Gasteiger partial charge on any atom is -0.393 e. The fourth-order valence-electron chi connectivity index (χ4n) is 7.77. The third-order valence-corrected chi connectivity index (χ3v) is 11.7. The molecule has 0 bridgehead atoms. The number of nitrogens with one attached hydrogen (secondary N) is 1. The summed E-state index contributed by atoms with van der Waals surface area (Å²) in [5, 5.41) is 65.9. The molecule has 1 rings (SSSR count). The number of nitrogens with zero attached hydrogens (tertiary/aromatic N) is 1. The van der Waals surface area contributed by atoms with E-state index in [0.717, 1.165) is 44.9 Å². The number of carbonyl (C=O) groups is 1. The molecule has 56 heavy (non-hydrogen) atoms. The average molecular weight is 803 g/mol. The summed E-state index contributed by atoms with van der Waals surface area (Å²) in [5.74, 6) is -0.268. The number of carbonyl (C=O) groups excluding carboxylic acids is 1. The van der Waals surface area contributed by atoms with Crippen LogP contribution in [0.25, 0.3) is 0 Å². The van der Waals surface area contributed by atoms with Crippen LogP contribution in [0.1, 0.15) is 201 Å². The Morgan fingerprint density at radius 2 is 1.12 bits per heavy atom. The maximum Gasteiger partial charge on any atom is 0.220 e. The Bertz CT molecular complexity index is 892. The molecular formula is C45H90N2O9. The van der Waals surface area contributed by atoms with Crippen LogP contribution in [0.15, 0.2) is 0 Å². The summed E-state index contributed by atoms with van der Waals surface area (Å²) in [6.45, 7) is 8.83. The molecule has 0 aromatic heterocycles. The van der Waals surface area contributed by atoms with Crippen molar-refractivity contribution in [3.8, 4) is 0 Å². The predicted molar refractivity (Wildman–Crippen MR) is 226 cm³/mol. The van der Waals surface area contributed by atoms with Crippen LogP contribution >= 0.6 is 0 Å². The van der Waals surface area contributed by atoms with Gasteiger partial charge in [0.25, 0.3) is 0 Å². The van der Waals surface area contributed by atoms with Crippen molar-refractivity contribution in [2.24, 2.45) is 0 Å². The molecular weight excluding hydrogens is 712 g/mol. The van der Waals surface area contributed by atoms with E-state index < -0.39 is 49.0 Å². The Hall–Kier alpha value is -0.890. The molecule has 11 heteroatoms. The average Bonchev–Trinajstić information content (AvgIpc) is 3.19. The second-order valence-electron chi connectivity index (χ2n) is 16.9. The summed E-state index contributed by atoms with van der Waals surface area (Å²) in [6.07, 6.45) is 24.4. The number of aliphatic hydroxyl groups is 6. The molecule has 0 saturated carbocycles. The maximum absolute atomic E-state index is 13.1. The molecule has 1 saturated heterocycles. The largest absolute Gasteiger partial charge is 0.393 e. The summed E-state index contributed by atoms with van der Waals surface area (Å²) >= 11 is 0. The Morgan fingerprint density at radius 1 is 0.696 bits per heavy atom. The van der Waals surface area contributed by atoms with Crippen LogP contribution in [0.4, 0.5) is 0 Å². The van der Waals surface area contributed by atoms with Crippen molar-refractivity contribution in [1.29, 1.82) is 0 Å². The SMILES string of the molecule is CCCCCCCCCCCCCC[C@@H](O)[C@@H](O)[C@H](CO[C@H]1OC[C@@H](O)[C@H](O)[C@]1(O)CO)NC(=O)CCCCCCCCCCN(CCCCC)CCCCC. The van der Waals surface area contributed by atoms with Gasteiger partial charge in [0.05, 0.1) is 32.0 Å². The summed E-state index contributed by atoms with van der Waals surface area (Å²) in [4.78, 5) is 15.7. The number of unbranched alkanes of at least 4 members (excludes halogenated alkanes) is 22. The van der Waals surface area contributed by atoms with Crippen LogP contribution in [-0.2, 0) is 14.3 Å². The van der Waals surface area contributed by atoms with E-state index in [2.05, 4.69) is 31.0 Å². The van der Waals surface area contributed by atoms with Gasteiger partial charge in [-0.2, -0.15) is 0 Å². The highest BCUT2D eigenvalue weighted by atomic mass is 16.7. The van der Waals surface area contributed by atoms with Gasteiger partial charge >= 0.3 is 0 Å². The van der Waals surface area contributed by atoms with Crippen molar-refractivity contribution < 1.29 is 44.9 Å². The van der Waals surface area contributed by atoms with Gasteiger partial charge in [-0.1, -0.05) is 162 Å². The smallest absolute Gasteiger partial charge is 0.220 e. The Kier molecular flexibility index (Phi) is 33.1. The van der Waals surface area contributed by atoms with E-state index in [1.807, 2.05) is 0 Å². The van der Waals surface area contributed by atoms with E-state index in [1.54, 1.807) is 0 Å². The van der Waals surface area contributed by atoms with E-state index in [0.29, 0.717) is 12.8 Å². The van der Waals surface area contributed by atoms with Crippen molar-refractivity contribution in [1.82, 2.24) is 10.2 Å². The highest BCUT2D eigenvalue weighted by Gasteiger charge is 2.52. The van der Waals surface area contributed by atoms with Gasteiger partial charge in [-0.15, -0.1) is 0 Å². The molecule has 0 radical (unpaired) electrons. The molecule has 0 spiro atoms. The molecule has 1 fully saturated rings. The molecule has 334 valence electrons. The zero-order valence-electron chi connectivity index (χ0n) is 36.4. The second kappa shape index (κ2) is 34.9. The molecule has 0 unspecified atom stereocenters. The lowest BCUT2D eigenvalue weighted by molar-refractivity contribution is -0.325. The standard InChI is InChI=1S/C45H90N2O9/c1-4-7-10-11-12-13-14-15-16-19-22-25-30-39(49)42(52)38(35-55-44-45(54,37-48)43(53)40(50)36-56-44)46-41(51)31-26-23-20-17-18-21-24-29-34-47(32-27-8-5-2)33-28-9-6-3/h38-40,42-44,48-50,52-54H,4-37H2,1-3H3,(H,46,51)/t38-,39+,40+,42-,43-,44-,45+/m0/s1. The zero-order valence-corrected chi connectivity index (χ0v) is 36.4. The lowest BCUT2D eigenvalue weighted by Crippen LogP contribution is -2.66. The summed E-state index contributed by atoms with van der Waals surface area (Å²) in [6, 6.07) is -1.01. The number of hydrogen-bond acceptors (Lipinski definition) is 10. The van der Waals surface area contributed by atoms with Crippen LogP contribution < -0.4 is 5.32 Å². The number of amides is 1. The third-order valence-electron chi connectivity index (χ3n) is 11.7. The Balaban J connectivity index is 2.48. The van der Waals surface area contributed by atoms with Crippen molar-refractivity contribution in [3.63, 3.8) is 0 Å². The molecule has 1 aliphatic rings. The van der Waals surface area contributed by atoms with Crippen molar-refractivity contribution in [2.75, 3.05) is 39.5 Å². The number of aliphatic hydroxyl groups excluding tert-OH is 5. The van der Waals surface area contributed by atoms with E-state index in [4.69, 9.17) is 9.47 Å². The van der Waals surface area contributed by atoms with E-state index in [1.165, 1.54) is 135 Å². The molecule has 0 aromatic carbocycles. The first-order valence-corrected chi connectivity index (χ1v) is 23.4. The molecule has 7 atom stereocenters. The monoisotopic (exact) mass is 803 g/mol. The third kappa shape index (κ3) is 24.3. The van der Waals surface area contributed by atoms with Gasteiger partial charge in [0, 0.05) is 6.42 Å². The summed E-state index contributed by atoms with van der Waals surface area (Å²) in [7, 11) is 0. The lowest BCUT2D eigenvalue weighted by atomic mass is 9.90. The lowest BCUT2D eigenvalue weighted by Gasteiger charge is -2.44. The van der Waals surface area contributed by atoms with Crippen molar-refractivity contribution in [2.45, 2.75) is 243 Å². The number of hydrogen-bond donors (Lipinski definition) is 7. The van der Waals surface area contributed by atoms with Gasteiger partial charge in [-0.3, -0.25) is 4.79 Å².